The highest BCUT2D eigenvalue weighted by atomic mass is 16.5. The number of aliphatic imine (C=N–C) groups is 1. The summed E-state index contributed by atoms with van der Waals surface area (Å²) in [6.07, 6.45) is 2.38. The second kappa shape index (κ2) is 8.47. The lowest BCUT2D eigenvalue weighted by Gasteiger charge is -2.37. The summed E-state index contributed by atoms with van der Waals surface area (Å²) in [4.78, 5) is 21.2. The van der Waals surface area contributed by atoms with Crippen molar-refractivity contribution < 1.29 is 19.4 Å². The molecule has 2 aromatic rings. The van der Waals surface area contributed by atoms with Gasteiger partial charge in [-0.2, -0.15) is 0 Å². The summed E-state index contributed by atoms with van der Waals surface area (Å²) < 4.78 is 11.5. The maximum atomic E-state index is 11.5. The molecule has 0 atom stereocenters. The number of methoxy groups -OCH3 is 1. The highest BCUT2D eigenvalue weighted by Gasteiger charge is 2.49. The summed E-state index contributed by atoms with van der Waals surface area (Å²) in [6, 6.07) is 13.9. The minimum Gasteiger partial charge on any atom is -0.497 e. The Labute approximate surface area is 188 Å². The molecule has 0 unspecified atom stereocenters. The molecular weight excluding hydrogens is 406 g/mol. The molecule has 7 nitrogen and oxygen atoms in total. The van der Waals surface area contributed by atoms with Gasteiger partial charge < -0.3 is 19.5 Å². The van der Waals surface area contributed by atoms with Crippen molar-refractivity contribution in [3.63, 3.8) is 0 Å². The molecule has 0 aromatic heterocycles. The molecule has 1 aliphatic carbocycles. The van der Waals surface area contributed by atoms with Crippen molar-refractivity contribution >= 4 is 17.5 Å². The summed E-state index contributed by atoms with van der Waals surface area (Å²) >= 11 is 0. The van der Waals surface area contributed by atoms with E-state index in [1.165, 1.54) is 0 Å². The molecule has 2 aromatic carbocycles. The quantitative estimate of drug-likeness (QED) is 0.774. The van der Waals surface area contributed by atoms with Gasteiger partial charge in [-0.3, -0.25) is 9.69 Å². The molecule has 0 radical (unpaired) electrons. The zero-order valence-corrected chi connectivity index (χ0v) is 18.4. The number of hydrogen-bond acceptors (Lipinski definition) is 6. The fourth-order valence-corrected chi connectivity index (χ4v) is 4.54. The maximum absolute atomic E-state index is 11.5. The normalized spacial score (nSPS) is 19.5. The third kappa shape index (κ3) is 4.05. The van der Waals surface area contributed by atoms with E-state index >= 15 is 0 Å². The molecule has 2 fully saturated rings. The average molecular weight is 436 g/mol. The first kappa shape index (κ1) is 20.8. The monoisotopic (exact) mass is 435 g/mol. The second-order valence-corrected chi connectivity index (χ2v) is 8.88. The molecule has 2 aliphatic heterocycles. The molecule has 1 N–H and O–H groups in total. The van der Waals surface area contributed by atoms with E-state index in [1.807, 2.05) is 36.4 Å². The van der Waals surface area contributed by atoms with Gasteiger partial charge in [0.15, 0.2) is 0 Å². The van der Waals surface area contributed by atoms with E-state index in [2.05, 4.69) is 15.9 Å². The number of fused-ring (bicyclic) bond motifs is 2. The Bertz CT molecular complexity index is 1040. The van der Waals surface area contributed by atoms with Gasteiger partial charge in [-0.25, -0.2) is 4.99 Å². The first-order chi connectivity index (χ1) is 15.6. The molecule has 1 saturated heterocycles. The van der Waals surface area contributed by atoms with Crippen LogP contribution in [0.1, 0.15) is 30.4 Å². The van der Waals surface area contributed by atoms with Crippen molar-refractivity contribution in [2.45, 2.75) is 25.9 Å². The Morgan fingerprint density at radius 3 is 2.66 bits per heavy atom. The highest BCUT2D eigenvalue weighted by molar-refractivity contribution is 6.02. The maximum Gasteiger partial charge on any atom is 0.309 e. The summed E-state index contributed by atoms with van der Waals surface area (Å²) in [5, 5.41) is 9.45. The lowest BCUT2D eigenvalue weighted by atomic mass is 10.0. The predicted molar refractivity (Wildman–Crippen MR) is 122 cm³/mol. The minimum atomic E-state index is -0.633. The number of carboxylic acid groups (broad SMARTS) is 1. The van der Waals surface area contributed by atoms with Gasteiger partial charge in [0, 0.05) is 37.3 Å². The topological polar surface area (TPSA) is 74.6 Å². The number of aliphatic carboxylic acids is 1. The van der Waals surface area contributed by atoms with Crippen LogP contribution in [0.25, 0.3) is 0 Å². The second-order valence-electron chi connectivity index (χ2n) is 8.88. The fraction of sp³-hybridized carbons (Fsp3) is 0.440. The Hall–Kier alpha value is -3.06. The highest BCUT2D eigenvalue weighted by Crippen LogP contribution is 2.49. The molecule has 7 heteroatoms. The third-order valence-corrected chi connectivity index (χ3v) is 6.92. The first-order valence-electron chi connectivity index (χ1n) is 11.3. The van der Waals surface area contributed by atoms with E-state index in [4.69, 9.17) is 14.5 Å². The number of ether oxygens (including phenoxy) is 2. The van der Waals surface area contributed by atoms with Crippen molar-refractivity contribution in [1.82, 2.24) is 9.80 Å². The van der Waals surface area contributed by atoms with Crippen LogP contribution in [0.5, 0.6) is 11.5 Å². The zero-order chi connectivity index (χ0) is 22.1. The number of hydrogen-bond donors (Lipinski definition) is 1. The molecule has 32 heavy (non-hydrogen) atoms. The average Bonchev–Trinajstić information content (AvgIpc) is 3.61. The van der Waals surface area contributed by atoms with E-state index in [1.54, 1.807) is 7.11 Å². The molecule has 3 aliphatic rings. The van der Waals surface area contributed by atoms with Gasteiger partial charge >= 0.3 is 5.97 Å². The van der Waals surface area contributed by atoms with Gasteiger partial charge in [-0.05, 0) is 50.1 Å². The van der Waals surface area contributed by atoms with Crippen LogP contribution < -0.4 is 9.47 Å². The van der Waals surface area contributed by atoms with Crippen molar-refractivity contribution in [1.29, 1.82) is 0 Å². The molecule has 0 bridgehead atoms. The third-order valence-electron chi connectivity index (χ3n) is 6.92. The smallest absolute Gasteiger partial charge is 0.309 e. The number of nitrogens with zero attached hydrogens (tertiary/aromatic N) is 3. The van der Waals surface area contributed by atoms with E-state index in [-0.39, 0.29) is 0 Å². The molecule has 1 saturated carbocycles. The van der Waals surface area contributed by atoms with E-state index < -0.39 is 11.4 Å². The SMILES string of the molecule is COc1ccc2c(c1)C(N1CCN(CCC3(C(=O)O)CC3)CC1)=Nc1ccccc1OC2. The number of amidine groups is 1. The van der Waals surface area contributed by atoms with Crippen molar-refractivity contribution in [2.24, 2.45) is 10.4 Å². The van der Waals surface area contributed by atoms with E-state index in [0.717, 1.165) is 86.1 Å². The first-order valence-corrected chi connectivity index (χ1v) is 11.3. The molecular formula is C25H29N3O4. The molecule has 0 amide bonds. The van der Waals surface area contributed by atoms with Gasteiger partial charge in [0.1, 0.15) is 29.6 Å². The van der Waals surface area contributed by atoms with E-state index in [9.17, 15) is 9.90 Å². The Kier molecular flexibility index (Phi) is 5.51. The molecule has 5 rings (SSSR count). The van der Waals surface area contributed by atoms with Crippen LogP contribution in [-0.4, -0.2) is 66.5 Å². The standard InChI is InChI=1S/C25H29N3O4/c1-31-19-7-6-18-17-32-22-5-3-2-4-21(22)26-23(20(18)16-19)28-14-12-27(13-15-28)11-10-25(8-9-25)24(29)30/h2-7,16H,8-15,17H2,1H3,(H,29,30). The summed E-state index contributed by atoms with van der Waals surface area (Å²) in [5.74, 6) is 1.89. The zero-order valence-electron chi connectivity index (χ0n) is 18.4. The van der Waals surface area contributed by atoms with Crippen molar-refractivity contribution in [2.75, 3.05) is 39.8 Å². The minimum absolute atomic E-state index is 0.458. The van der Waals surface area contributed by atoms with Gasteiger partial charge in [0.25, 0.3) is 0 Å². The van der Waals surface area contributed by atoms with Crippen molar-refractivity contribution in [3.05, 3.63) is 53.6 Å². The summed E-state index contributed by atoms with van der Waals surface area (Å²) in [7, 11) is 1.68. The largest absolute Gasteiger partial charge is 0.497 e. The van der Waals surface area contributed by atoms with Gasteiger partial charge in [-0.15, -0.1) is 0 Å². The van der Waals surface area contributed by atoms with Crippen LogP contribution in [0.15, 0.2) is 47.5 Å². The summed E-state index contributed by atoms with van der Waals surface area (Å²) in [6.45, 7) is 4.80. The number of carboxylic acids is 1. The Morgan fingerprint density at radius 2 is 1.94 bits per heavy atom. The van der Waals surface area contributed by atoms with Crippen LogP contribution in [0, 0.1) is 5.41 Å². The molecule has 0 spiro atoms. The van der Waals surface area contributed by atoms with Crippen LogP contribution >= 0.6 is 0 Å². The molecule has 168 valence electrons. The Morgan fingerprint density at radius 1 is 1.16 bits per heavy atom. The van der Waals surface area contributed by atoms with Gasteiger partial charge in [0.05, 0.1) is 12.5 Å². The van der Waals surface area contributed by atoms with Crippen LogP contribution in [0.3, 0.4) is 0 Å². The van der Waals surface area contributed by atoms with Gasteiger partial charge in [-0.1, -0.05) is 18.2 Å². The van der Waals surface area contributed by atoms with Crippen LogP contribution in [-0.2, 0) is 11.4 Å². The molecule has 2 heterocycles. The predicted octanol–water partition coefficient (Wildman–Crippen LogP) is 3.54. The lowest BCUT2D eigenvalue weighted by Crippen LogP contribution is -2.49. The summed E-state index contributed by atoms with van der Waals surface area (Å²) in [5.41, 5.74) is 2.49. The Balaban J connectivity index is 1.37. The number of para-hydroxylation sites is 2. The van der Waals surface area contributed by atoms with Gasteiger partial charge in [0.2, 0.25) is 0 Å². The number of carbonyl (C=O) groups is 1. The lowest BCUT2D eigenvalue weighted by molar-refractivity contribution is -0.143. The number of benzene rings is 2. The fourth-order valence-electron chi connectivity index (χ4n) is 4.54. The van der Waals surface area contributed by atoms with Crippen molar-refractivity contribution in [3.8, 4) is 11.5 Å². The number of rotatable bonds is 5. The van der Waals surface area contributed by atoms with Crippen LogP contribution in [0.4, 0.5) is 5.69 Å². The van der Waals surface area contributed by atoms with E-state index in [0.29, 0.717) is 6.61 Å². The van der Waals surface area contributed by atoms with Crippen LogP contribution in [0.2, 0.25) is 0 Å². The number of piperazine rings is 1.